The third-order valence-electron chi connectivity index (χ3n) is 5.79. The van der Waals surface area contributed by atoms with E-state index in [0.29, 0.717) is 18.1 Å². The van der Waals surface area contributed by atoms with Crippen molar-refractivity contribution in [2.75, 3.05) is 35.3 Å². The van der Waals surface area contributed by atoms with E-state index in [1.165, 1.54) is 6.07 Å². The fourth-order valence-corrected chi connectivity index (χ4v) is 3.76. The van der Waals surface area contributed by atoms with E-state index in [1.54, 1.807) is 18.1 Å². The Balaban J connectivity index is 1.32. The van der Waals surface area contributed by atoms with Crippen molar-refractivity contribution < 1.29 is 18.3 Å². The molecule has 9 heteroatoms. The molecule has 2 aromatic rings. The molecule has 0 spiro atoms. The van der Waals surface area contributed by atoms with Gasteiger partial charge in [-0.3, -0.25) is 4.79 Å². The first-order valence-electron chi connectivity index (χ1n) is 10.6. The Kier molecular flexibility index (Phi) is 6.31. The molecule has 2 aliphatic rings. The first-order valence-corrected chi connectivity index (χ1v) is 10.6. The summed E-state index contributed by atoms with van der Waals surface area (Å²) >= 11 is 0. The van der Waals surface area contributed by atoms with Gasteiger partial charge in [0.05, 0.1) is 25.5 Å². The Morgan fingerprint density at radius 1 is 1.26 bits per heavy atom. The highest BCUT2D eigenvalue weighted by molar-refractivity contribution is 6.01. The van der Waals surface area contributed by atoms with Gasteiger partial charge in [0.1, 0.15) is 5.69 Å². The third-order valence-corrected chi connectivity index (χ3v) is 5.79. The van der Waals surface area contributed by atoms with E-state index in [0.717, 1.165) is 55.9 Å². The highest BCUT2D eigenvalue weighted by Gasteiger charge is 2.32. The summed E-state index contributed by atoms with van der Waals surface area (Å²) in [5.41, 5.74) is 1.33. The van der Waals surface area contributed by atoms with E-state index in [4.69, 9.17) is 4.74 Å². The summed E-state index contributed by atoms with van der Waals surface area (Å²) in [6, 6.07) is 3.98. The van der Waals surface area contributed by atoms with Gasteiger partial charge in [-0.1, -0.05) is 19.4 Å². The van der Waals surface area contributed by atoms with Crippen LogP contribution in [0, 0.1) is 11.6 Å². The standard InChI is InChI=1S/C22H27F2N5O2/c1-3-4-7-29-12-20(30)28(2)19-11-25-22(27-21(19)29)26-15-9-16(10-15)31-13-14-5-6-17(23)18(24)8-14/h5-6,8,11,15-16H,3-4,7,9-10,12-13H2,1-2H3,(H,25,26,27). The van der Waals surface area contributed by atoms with Crippen LogP contribution in [0.25, 0.3) is 0 Å². The normalized spacial score (nSPS) is 20.5. The largest absolute Gasteiger partial charge is 0.373 e. The maximum absolute atomic E-state index is 13.3. The van der Waals surface area contributed by atoms with Gasteiger partial charge in [-0.15, -0.1) is 0 Å². The first-order chi connectivity index (χ1) is 14.9. The number of carbonyl (C=O) groups is 1. The molecule has 7 nitrogen and oxygen atoms in total. The molecule has 0 bridgehead atoms. The minimum absolute atomic E-state index is 0.0351. The molecule has 1 aliphatic heterocycles. The number of benzene rings is 1. The zero-order valence-electron chi connectivity index (χ0n) is 17.8. The lowest BCUT2D eigenvalue weighted by molar-refractivity contribution is -0.117. The van der Waals surface area contributed by atoms with Gasteiger partial charge in [-0.25, -0.2) is 13.8 Å². The van der Waals surface area contributed by atoms with Gasteiger partial charge in [0.25, 0.3) is 0 Å². The van der Waals surface area contributed by atoms with Crippen LogP contribution in [0.15, 0.2) is 24.4 Å². The molecular formula is C22H27F2N5O2. The highest BCUT2D eigenvalue weighted by atomic mass is 19.2. The van der Waals surface area contributed by atoms with E-state index in [-0.39, 0.29) is 24.7 Å². The number of amides is 1. The second-order valence-electron chi connectivity index (χ2n) is 8.12. The molecule has 0 saturated heterocycles. The van der Waals surface area contributed by atoms with E-state index < -0.39 is 11.6 Å². The minimum Gasteiger partial charge on any atom is -0.373 e. The van der Waals surface area contributed by atoms with E-state index >= 15 is 0 Å². The summed E-state index contributed by atoms with van der Waals surface area (Å²) in [4.78, 5) is 24.9. The quantitative estimate of drug-likeness (QED) is 0.690. The average Bonchev–Trinajstić information content (AvgIpc) is 2.73. The number of hydrogen-bond acceptors (Lipinski definition) is 6. The van der Waals surface area contributed by atoms with Crippen molar-refractivity contribution in [3.63, 3.8) is 0 Å². The van der Waals surface area contributed by atoms with Crippen molar-refractivity contribution in [1.82, 2.24) is 9.97 Å². The fraction of sp³-hybridized carbons (Fsp3) is 0.500. The number of hydrogen-bond donors (Lipinski definition) is 1. The molecule has 1 fully saturated rings. The van der Waals surface area contributed by atoms with Gasteiger partial charge >= 0.3 is 0 Å². The summed E-state index contributed by atoms with van der Waals surface area (Å²) in [5.74, 6) is -0.372. The molecule has 1 aliphatic carbocycles. The van der Waals surface area contributed by atoms with Crippen LogP contribution < -0.4 is 15.1 Å². The molecule has 2 heterocycles. The molecular weight excluding hydrogens is 404 g/mol. The molecule has 0 unspecified atom stereocenters. The molecule has 1 saturated carbocycles. The van der Waals surface area contributed by atoms with Gasteiger partial charge in [0.15, 0.2) is 17.5 Å². The van der Waals surface area contributed by atoms with Crippen LogP contribution in [0.1, 0.15) is 38.2 Å². The van der Waals surface area contributed by atoms with E-state index in [1.807, 2.05) is 4.90 Å². The third kappa shape index (κ3) is 4.76. The van der Waals surface area contributed by atoms with Crippen LogP contribution in [-0.4, -0.2) is 48.2 Å². The molecule has 1 aromatic carbocycles. The lowest BCUT2D eigenvalue weighted by Crippen LogP contribution is -2.45. The van der Waals surface area contributed by atoms with Crippen LogP contribution >= 0.6 is 0 Å². The SMILES string of the molecule is CCCCN1CC(=O)N(C)c2cnc(NC3CC(OCc4ccc(F)c(F)c4)C3)nc21. The lowest BCUT2D eigenvalue weighted by atomic mass is 9.89. The molecule has 31 heavy (non-hydrogen) atoms. The number of rotatable bonds is 8. The van der Waals surface area contributed by atoms with Crippen LogP contribution in [0.3, 0.4) is 0 Å². The maximum atomic E-state index is 13.3. The number of halogens is 2. The maximum Gasteiger partial charge on any atom is 0.246 e. The molecule has 1 aromatic heterocycles. The highest BCUT2D eigenvalue weighted by Crippen LogP contribution is 2.33. The summed E-state index contributed by atoms with van der Waals surface area (Å²) in [7, 11) is 1.75. The Morgan fingerprint density at radius 2 is 2.06 bits per heavy atom. The number of aromatic nitrogens is 2. The average molecular weight is 431 g/mol. The van der Waals surface area contributed by atoms with Gasteiger partial charge < -0.3 is 19.9 Å². The van der Waals surface area contributed by atoms with Crippen molar-refractivity contribution in [1.29, 1.82) is 0 Å². The Bertz CT molecular complexity index is 951. The predicted molar refractivity (Wildman–Crippen MR) is 114 cm³/mol. The van der Waals surface area contributed by atoms with Gasteiger partial charge in [-0.2, -0.15) is 4.98 Å². The Morgan fingerprint density at radius 3 is 2.81 bits per heavy atom. The fourth-order valence-electron chi connectivity index (χ4n) is 3.76. The molecule has 166 valence electrons. The number of likely N-dealkylation sites (N-methyl/N-ethyl adjacent to an activating group) is 1. The number of ether oxygens (including phenoxy) is 1. The topological polar surface area (TPSA) is 70.6 Å². The van der Waals surface area contributed by atoms with Crippen molar-refractivity contribution in [3.8, 4) is 0 Å². The zero-order chi connectivity index (χ0) is 22.0. The number of nitrogens with one attached hydrogen (secondary N) is 1. The molecule has 0 atom stereocenters. The smallest absolute Gasteiger partial charge is 0.246 e. The van der Waals surface area contributed by atoms with Crippen molar-refractivity contribution in [2.45, 2.75) is 51.4 Å². The summed E-state index contributed by atoms with van der Waals surface area (Å²) in [6.07, 6.45) is 5.33. The number of fused-ring (bicyclic) bond motifs is 1. The molecule has 4 rings (SSSR count). The van der Waals surface area contributed by atoms with Gasteiger partial charge in [0, 0.05) is 19.6 Å². The van der Waals surface area contributed by atoms with Crippen LogP contribution in [0.2, 0.25) is 0 Å². The van der Waals surface area contributed by atoms with Crippen LogP contribution in [0.4, 0.5) is 26.2 Å². The predicted octanol–water partition coefficient (Wildman–Crippen LogP) is 3.50. The molecule has 1 N–H and O–H groups in total. The second-order valence-corrected chi connectivity index (χ2v) is 8.12. The van der Waals surface area contributed by atoms with Crippen molar-refractivity contribution in [3.05, 3.63) is 41.6 Å². The summed E-state index contributed by atoms with van der Waals surface area (Å²) in [6.45, 7) is 3.47. The molecule has 0 radical (unpaired) electrons. The van der Waals surface area contributed by atoms with Crippen molar-refractivity contribution in [2.24, 2.45) is 0 Å². The Hall–Kier alpha value is -2.81. The van der Waals surface area contributed by atoms with Gasteiger partial charge in [-0.05, 0) is 37.0 Å². The van der Waals surface area contributed by atoms with Crippen molar-refractivity contribution >= 4 is 23.4 Å². The number of unbranched alkanes of at least 4 members (excludes halogenated alkanes) is 1. The van der Waals surface area contributed by atoms with E-state index in [2.05, 4.69) is 22.2 Å². The van der Waals surface area contributed by atoms with Gasteiger partial charge in [0.2, 0.25) is 11.9 Å². The monoisotopic (exact) mass is 431 g/mol. The number of anilines is 3. The summed E-state index contributed by atoms with van der Waals surface area (Å²) in [5, 5.41) is 3.33. The lowest BCUT2D eigenvalue weighted by Gasteiger charge is -2.37. The number of carbonyl (C=O) groups excluding carboxylic acids is 1. The summed E-state index contributed by atoms with van der Waals surface area (Å²) < 4.78 is 32.1. The zero-order valence-corrected chi connectivity index (χ0v) is 17.8. The molecule has 1 amide bonds. The number of nitrogens with zero attached hydrogens (tertiary/aromatic N) is 4. The van der Waals surface area contributed by atoms with E-state index in [9.17, 15) is 13.6 Å². The first kappa shape index (κ1) is 21.4. The van der Waals surface area contributed by atoms with Crippen LogP contribution in [-0.2, 0) is 16.1 Å². The van der Waals surface area contributed by atoms with Crippen LogP contribution in [0.5, 0.6) is 0 Å². The second kappa shape index (κ2) is 9.13. The minimum atomic E-state index is -0.862. The Labute approximate surface area is 180 Å².